The SMILES string of the molecule is Cc1nc2ccccn2c1C(O)=C1C(=O)C(=O)N(CCN(C)C)[C@H]1c1ccccc1. The predicted octanol–water partition coefficient (Wildman–Crippen LogP) is 2.63. The molecule has 0 spiro atoms. The predicted molar refractivity (Wildman–Crippen MR) is 114 cm³/mol. The first-order valence-corrected chi connectivity index (χ1v) is 9.82. The molecule has 1 amide bonds. The van der Waals surface area contributed by atoms with Gasteiger partial charge < -0.3 is 14.9 Å². The number of hydrogen-bond donors (Lipinski definition) is 1. The minimum absolute atomic E-state index is 0.0960. The number of aromatic nitrogens is 2. The number of aliphatic hydroxyl groups excluding tert-OH is 1. The first-order valence-electron chi connectivity index (χ1n) is 9.82. The minimum atomic E-state index is -0.676. The molecular weight excluding hydrogens is 380 g/mol. The van der Waals surface area contributed by atoms with E-state index in [0.717, 1.165) is 5.56 Å². The highest BCUT2D eigenvalue weighted by atomic mass is 16.3. The largest absolute Gasteiger partial charge is 0.505 e. The molecule has 1 aliphatic rings. The van der Waals surface area contributed by atoms with Crippen LogP contribution in [-0.2, 0) is 9.59 Å². The van der Waals surface area contributed by atoms with Gasteiger partial charge in [-0.3, -0.25) is 14.0 Å². The van der Waals surface area contributed by atoms with Gasteiger partial charge in [0, 0.05) is 19.3 Å². The van der Waals surface area contributed by atoms with Crippen LogP contribution in [0.1, 0.15) is 23.0 Å². The number of Topliss-reactive ketones (excluding diaryl/α,β-unsaturated/α-hetero) is 1. The Morgan fingerprint density at radius 1 is 1.10 bits per heavy atom. The topological polar surface area (TPSA) is 78.1 Å². The number of fused-ring (bicyclic) bond motifs is 1. The molecule has 0 bridgehead atoms. The zero-order valence-corrected chi connectivity index (χ0v) is 17.2. The zero-order chi connectivity index (χ0) is 21.4. The quantitative estimate of drug-likeness (QED) is 0.402. The van der Waals surface area contributed by atoms with Crippen molar-refractivity contribution in [3.63, 3.8) is 0 Å². The maximum Gasteiger partial charge on any atom is 0.295 e. The number of likely N-dealkylation sites (tertiary alicyclic amines) is 1. The Morgan fingerprint density at radius 3 is 2.50 bits per heavy atom. The second-order valence-electron chi connectivity index (χ2n) is 7.68. The van der Waals surface area contributed by atoms with Gasteiger partial charge in [0.25, 0.3) is 11.7 Å². The number of amides is 1. The molecule has 0 aliphatic carbocycles. The average molecular weight is 404 g/mol. The van der Waals surface area contributed by atoms with Crippen LogP contribution in [-0.4, -0.2) is 63.2 Å². The molecule has 3 aromatic rings. The minimum Gasteiger partial charge on any atom is -0.505 e. The summed E-state index contributed by atoms with van der Waals surface area (Å²) in [5, 5.41) is 11.3. The van der Waals surface area contributed by atoms with Crippen molar-refractivity contribution in [2.45, 2.75) is 13.0 Å². The highest BCUT2D eigenvalue weighted by molar-refractivity contribution is 6.46. The van der Waals surface area contributed by atoms with Gasteiger partial charge in [0.1, 0.15) is 11.3 Å². The molecule has 30 heavy (non-hydrogen) atoms. The molecule has 1 atom stereocenters. The van der Waals surface area contributed by atoms with E-state index in [4.69, 9.17) is 0 Å². The third kappa shape index (κ3) is 3.27. The van der Waals surface area contributed by atoms with Gasteiger partial charge in [0.2, 0.25) is 0 Å². The summed E-state index contributed by atoms with van der Waals surface area (Å²) in [6.07, 6.45) is 1.78. The van der Waals surface area contributed by atoms with Crippen LogP contribution >= 0.6 is 0 Å². The maximum atomic E-state index is 13.1. The van der Waals surface area contributed by atoms with Gasteiger partial charge >= 0.3 is 0 Å². The van der Waals surface area contributed by atoms with Crippen LogP contribution < -0.4 is 0 Å². The molecule has 1 fully saturated rings. The normalized spacial score (nSPS) is 18.7. The van der Waals surface area contributed by atoms with Crippen molar-refractivity contribution >= 4 is 23.1 Å². The molecule has 2 aromatic heterocycles. The van der Waals surface area contributed by atoms with Crippen molar-refractivity contribution < 1.29 is 14.7 Å². The number of carbonyl (C=O) groups excluding carboxylic acids is 2. The van der Waals surface area contributed by atoms with E-state index in [1.165, 1.54) is 0 Å². The van der Waals surface area contributed by atoms with E-state index >= 15 is 0 Å². The number of aryl methyl sites for hydroxylation is 1. The number of aliphatic hydroxyl groups is 1. The van der Waals surface area contributed by atoms with Crippen molar-refractivity contribution in [1.82, 2.24) is 19.2 Å². The summed E-state index contributed by atoms with van der Waals surface area (Å²) in [4.78, 5) is 34.0. The molecule has 1 aromatic carbocycles. The lowest BCUT2D eigenvalue weighted by Crippen LogP contribution is -2.35. The van der Waals surface area contributed by atoms with E-state index in [2.05, 4.69) is 4.98 Å². The number of likely N-dealkylation sites (N-methyl/N-ethyl adjacent to an activating group) is 1. The Hall–Kier alpha value is -3.45. The summed E-state index contributed by atoms with van der Waals surface area (Å²) in [6, 6.07) is 14.2. The second kappa shape index (κ2) is 7.76. The summed E-state index contributed by atoms with van der Waals surface area (Å²) >= 11 is 0. The molecule has 3 heterocycles. The van der Waals surface area contributed by atoms with Crippen LogP contribution in [0.2, 0.25) is 0 Å². The fourth-order valence-electron chi connectivity index (χ4n) is 3.93. The van der Waals surface area contributed by atoms with Gasteiger partial charge in [0.15, 0.2) is 5.76 Å². The molecule has 0 radical (unpaired) electrons. The number of imidazole rings is 1. The van der Waals surface area contributed by atoms with Crippen LogP contribution in [0.3, 0.4) is 0 Å². The van der Waals surface area contributed by atoms with Crippen LogP contribution in [0.15, 0.2) is 60.3 Å². The number of rotatable bonds is 5. The third-order valence-corrected chi connectivity index (χ3v) is 5.37. The zero-order valence-electron chi connectivity index (χ0n) is 17.2. The van der Waals surface area contributed by atoms with Gasteiger partial charge in [-0.15, -0.1) is 0 Å². The number of pyridine rings is 1. The second-order valence-corrected chi connectivity index (χ2v) is 7.68. The maximum absolute atomic E-state index is 13.1. The molecule has 1 saturated heterocycles. The lowest BCUT2D eigenvalue weighted by atomic mass is 9.96. The number of benzene rings is 1. The van der Waals surface area contributed by atoms with E-state index in [1.54, 1.807) is 22.4 Å². The van der Waals surface area contributed by atoms with Crippen LogP contribution in [0.4, 0.5) is 0 Å². The molecular formula is C23H24N4O3. The summed E-state index contributed by atoms with van der Waals surface area (Å²) < 4.78 is 1.74. The lowest BCUT2D eigenvalue weighted by Gasteiger charge is -2.26. The Morgan fingerprint density at radius 2 is 1.80 bits per heavy atom. The van der Waals surface area contributed by atoms with Crippen molar-refractivity contribution in [2.24, 2.45) is 0 Å². The number of nitrogens with zero attached hydrogens (tertiary/aromatic N) is 4. The smallest absolute Gasteiger partial charge is 0.295 e. The fourth-order valence-corrected chi connectivity index (χ4v) is 3.93. The Kier molecular flexibility index (Phi) is 5.13. The average Bonchev–Trinajstić information content (AvgIpc) is 3.20. The molecule has 154 valence electrons. The van der Waals surface area contributed by atoms with Crippen molar-refractivity contribution in [3.05, 3.63) is 77.3 Å². The van der Waals surface area contributed by atoms with Gasteiger partial charge in [-0.25, -0.2) is 4.98 Å². The molecule has 0 saturated carbocycles. The van der Waals surface area contributed by atoms with Crippen LogP contribution in [0.25, 0.3) is 11.4 Å². The Bertz CT molecular complexity index is 1150. The van der Waals surface area contributed by atoms with Crippen molar-refractivity contribution in [3.8, 4) is 0 Å². The monoisotopic (exact) mass is 404 g/mol. The van der Waals surface area contributed by atoms with Crippen LogP contribution in [0, 0.1) is 6.92 Å². The number of hydrogen-bond acceptors (Lipinski definition) is 5. The Labute approximate surface area is 174 Å². The van der Waals surface area contributed by atoms with E-state index in [1.807, 2.05) is 67.5 Å². The lowest BCUT2D eigenvalue weighted by molar-refractivity contribution is -0.140. The van der Waals surface area contributed by atoms with Gasteiger partial charge in [-0.05, 0) is 38.7 Å². The fraction of sp³-hybridized carbons (Fsp3) is 0.261. The van der Waals surface area contributed by atoms with Crippen LogP contribution in [0.5, 0.6) is 0 Å². The third-order valence-electron chi connectivity index (χ3n) is 5.37. The summed E-state index contributed by atoms with van der Waals surface area (Å²) in [6.45, 7) is 2.76. The summed E-state index contributed by atoms with van der Waals surface area (Å²) in [5.41, 5.74) is 2.55. The number of ketones is 1. The molecule has 1 N–H and O–H groups in total. The van der Waals surface area contributed by atoms with E-state index in [9.17, 15) is 14.7 Å². The first kappa shape index (κ1) is 19.8. The molecule has 7 heteroatoms. The highest BCUT2D eigenvalue weighted by Gasteiger charge is 2.46. The van der Waals surface area contributed by atoms with Gasteiger partial charge in [-0.1, -0.05) is 36.4 Å². The highest BCUT2D eigenvalue weighted by Crippen LogP contribution is 2.39. The van der Waals surface area contributed by atoms with E-state index in [-0.39, 0.29) is 11.3 Å². The van der Waals surface area contributed by atoms with Gasteiger partial charge in [0.05, 0.1) is 17.3 Å². The van der Waals surface area contributed by atoms with Crippen molar-refractivity contribution in [1.29, 1.82) is 0 Å². The molecule has 7 nitrogen and oxygen atoms in total. The standard InChI is InChI=1S/C23H24N4O3/c1-15-19(26-12-8-7-11-17(26)24-15)21(28)18-20(16-9-5-4-6-10-16)27(14-13-25(2)3)23(30)22(18)29/h4-12,20,28H,13-14H2,1-3H3/t20-/m0/s1. The number of carbonyl (C=O) groups is 2. The molecule has 1 aliphatic heterocycles. The Balaban J connectivity index is 1.92. The molecule has 0 unspecified atom stereocenters. The van der Waals surface area contributed by atoms with E-state index in [0.29, 0.717) is 30.1 Å². The van der Waals surface area contributed by atoms with Crippen molar-refractivity contribution in [2.75, 3.05) is 27.2 Å². The first-order chi connectivity index (χ1) is 14.4. The molecule has 4 rings (SSSR count). The van der Waals surface area contributed by atoms with Gasteiger partial charge in [-0.2, -0.15) is 0 Å². The summed E-state index contributed by atoms with van der Waals surface area (Å²) in [5.74, 6) is -1.48. The van der Waals surface area contributed by atoms with E-state index < -0.39 is 17.7 Å². The summed E-state index contributed by atoms with van der Waals surface area (Å²) in [7, 11) is 3.83.